The fraction of sp³-hybridized carbons (Fsp3) is 0.818. The molecule has 0 aromatic heterocycles. The van der Waals surface area contributed by atoms with Gasteiger partial charge >= 0.3 is 0 Å². The van der Waals surface area contributed by atoms with Crippen molar-refractivity contribution < 1.29 is 14.7 Å². The van der Waals surface area contributed by atoms with Crippen LogP contribution in [0.1, 0.15) is 65.7 Å². The van der Waals surface area contributed by atoms with Crippen LogP contribution in [0.2, 0.25) is 0 Å². The van der Waals surface area contributed by atoms with Gasteiger partial charge in [0.15, 0.2) is 5.78 Å². The van der Waals surface area contributed by atoms with Gasteiger partial charge in [0.2, 0.25) is 0 Å². The molecule has 1 N–H and O–H groups in total. The highest BCUT2D eigenvalue weighted by molar-refractivity contribution is 6.18. The summed E-state index contributed by atoms with van der Waals surface area (Å²) >= 11 is 6.39. The van der Waals surface area contributed by atoms with Crippen molar-refractivity contribution in [3.05, 3.63) is 11.6 Å². The molecule has 26 heavy (non-hydrogen) atoms. The van der Waals surface area contributed by atoms with Gasteiger partial charge in [-0.3, -0.25) is 9.59 Å². The molecule has 0 saturated heterocycles. The lowest BCUT2D eigenvalue weighted by Gasteiger charge is -2.63. The van der Waals surface area contributed by atoms with Crippen molar-refractivity contribution in [3.8, 4) is 0 Å². The van der Waals surface area contributed by atoms with Gasteiger partial charge in [-0.25, -0.2) is 0 Å². The Bertz CT molecular complexity index is 685. The second-order valence-corrected chi connectivity index (χ2v) is 10.1. The second kappa shape index (κ2) is 5.91. The first-order chi connectivity index (χ1) is 12.2. The highest BCUT2D eigenvalue weighted by atomic mass is 35.5. The Morgan fingerprint density at radius 3 is 2.62 bits per heavy atom. The lowest BCUT2D eigenvalue weighted by atomic mass is 9.43. The number of alkyl halides is 1. The van der Waals surface area contributed by atoms with E-state index in [9.17, 15) is 14.7 Å². The van der Waals surface area contributed by atoms with Crippen molar-refractivity contribution in [2.45, 2.75) is 71.3 Å². The number of aliphatic hydroxyl groups is 1. The molecule has 0 aliphatic heterocycles. The number of Topliss-reactive ketones (excluding diaryl/α,β-unsaturated/α-hetero) is 1. The van der Waals surface area contributed by atoms with Gasteiger partial charge in [0.25, 0.3) is 0 Å². The van der Waals surface area contributed by atoms with Crippen LogP contribution < -0.4 is 0 Å². The molecule has 4 aliphatic rings. The molecule has 0 unspecified atom stereocenters. The molecule has 144 valence electrons. The summed E-state index contributed by atoms with van der Waals surface area (Å²) in [4.78, 5) is 24.4. The molecule has 0 aromatic rings. The first kappa shape index (κ1) is 18.7. The van der Waals surface area contributed by atoms with E-state index in [2.05, 4.69) is 13.8 Å². The van der Waals surface area contributed by atoms with E-state index in [1.54, 1.807) is 6.92 Å². The summed E-state index contributed by atoms with van der Waals surface area (Å²) in [5.74, 6) is 1.75. The van der Waals surface area contributed by atoms with Gasteiger partial charge in [-0.15, -0.1) is 11.6 Å². The van der Waals surface area contributed by atoms with Crippen LogP contribution >= 0.6 is 11.6 Å². The Labute approximate surface area is 161 Å². The number of hydrogen-bond donors (Lipinski definition) is 1. The van der Waals surface area contributed by atoms with Crippen LogP contribution in [0.4, 0.5) is 0 Å². The van der Waals surface area contributed by atoms with Crippen molar-refractivity contribution in [3.63, 3.8) is 0 Å². The minimum Gasteiger partial charge on any atom is -0.388 e. The fourth-order valence-electron chi connectivity index (χ4n) is 7.55. The minimum atomic E-state index is -1.01. The molecule has 4 heteroatoms. The maximum atomic E-state index is 12.4. The molecule has 4 rings (SSSR count). The molecule has 3 fully saturated rings. The highest BCUT2D eigenvalue weighted by Gasteiger charge is 2.68. The van der Waals surface area contributed by atoms with Crippen LogP contribution in [-0.2, 0) is 9.59 Å². The third kappa shape index (κ3) is 2.22. The number of ketones is 2. The van der Waals surface area contributed by atoms with Crippen LogP contribution in [0.5, 0.6) is 0 Å². The number of fused-ring (bicyclic) bond motifs is 5. The minimum absolute atomic E-state index is 0.00743. The first-order valence-corrected chi connectivity index (χ1v) is 10.7. The van der Waals surface area contributed by atoms with Gasteiger partial charge in [-0.1, -0.05) is 19.4 Å². The lowest BCUT2D eigenvalue weighted by Crippen LogP contribution is -2.64. The Balaban J connectivity index is 1.79. The second-order valence-electron chi connectivity index (χ2n) is 9.86. The molecular weight excluding hydrogens is 348 g/mol. The van der Waals surface area contributed by atoms with E-state index in [1.165, 1.54) is 5.57 Å². The molecule has 0 radical (unpaired) electrons. The summed E-state index contributed by atoms with van der Waals surface area (Å²) < 4.78 is 0. The summed E-state index contributed by atoms with van der Waals surface area (Å²) in [5.41, 5.74) is -0.159. The van der Waals surface area contributed by atoms with Crippen LogP contribution in [0.3, 0.4) is 0 Å². The highest BCUT2D eigenvalue weighted by Crippen LogP contribution is 2.69. The van der Waals surface area contributed by atoms with E-state index in [4.69, 9.17) is 11.6 Å². The average Bonchev–Trinajstić information content (AvgIpc) is 2.96. The molecule has 0 bridgehead atoms. The predicted octanol–water partition coefficient (Wildman–Crippen LogP) is 4.30. The van der Waals surface area contributed by atoms with Crippen molar-refractivity contribution in [1.82, 2.24) is 0 Å². The van der Waals surface area contributed by atoms with Crippen molar-refractivity contribution >= 4 is 23.2 Å². The molecule has 0 heterocycles. The van der Waals surface area contributed by atoms with Crippen LogP contribution in [0.25, 0.3) is 0 Å². The van der Waals surface area contributed by atoms with Crippen LogP contribution in [0, 0.1) is 34.5 Å². The SMILES string of the molecule is CC(=O)[C@H]1CC[C@H]2[C@@H]3CCC4=CC(=O)CC[C@]4(C)[C@H]3C[C@@](O)(CCl)[C@]12C. The number of carbonyl (C=O) groups excluding carboxylic acids is 2. The standard InChI is InChI=1S/C22H31ClO3/c1-13(24)17-6-7-18-16-5-4-14-10-15(25)8-9-20(14,2)19(16)11-22(26,12-23)21(17,18)3/h10,16-19,26H,4-9,11-12H2,1-3H3/t16-,17+,18-,19-,20-,21+,22+/m0/s1. The Morgan fingerprint density at radius 1 is 1.23 bits per heavy atom. The predicted molar refractivity (Wildman–Crippen MR) is 102 cm³/mol. The zero-order chi connectivity index (χ0) is 18.9. The number of allylic oxidation sites excluding steroid dienone is 1. The maximum absolute atomic E-state index is 12.4. The molecule has 0 spiro atoms. The van der Waals surface area contributed by atoms with Crippen molar-refractivity contribution in [2.75, 3.05) is 5.88 Å². The van der Waals surface area contributed by atoms with Crippen LogP contribution in [-0.4, -0.2) is 28.2 Å². The van der Waals surface area contributed by atoms with Crippen molar-refractivity contribution in [2.24, 2.45) is 34.5 Å². The van der Waals surface area contributed by atoms with E-state index in [1.807, 2.05) is 6.08 Å². The summed E-state index contributed by atoms with van der Waals surface area (Å²) in [6.07, 6.45) is 7.98. The zero-order valence-corrected chi connectivity index (χ0v) is 16.9. The molecule has 3 saturated carbocycles. The van der Waals surface area contributed by atoms with E-state index in [0.29, 0.717) is 30.6 Å². The molecule has 7 atom stereocenters. The fourth-order valence-corrected chi connectivity index (χ4v) is 7.95. The number of hydrogen-bond acceptors (Lipinski definition) is 3. The van der Waals surface area contributed by atoms with E-state index in [0.717, 1.165) is 32.1 Å². The third-order valence-electron chi connectivity index (χ3n) is 9.09. The Morgan fingerprint density at radius 2 is 1.96 bits per heavy atom. The zero-order valence-electron chi connectivity index (χ0n) is 16.2. The normalized spacial score (nSPS) is 50.5. The molecule has 0 aromatic carbocycles. The van der Waals surface area contributed by atoms with E-state index >= 15 is 0 Å². The maximum Gasteiger partial charge on any atom is 0.155 e. The smallest absolute Gasteiger partial charge is 0.155 e. The third-order valence-corrected chi connectivity index (χ3v) is 9.53. The molecular formula is C22H31ClO3. The van der Waals surface area contributed by atoms with Gasteiger partial charge in [-0.2, -0.15) is 0 Å². The topological polar surface area (TPSA) is 54.4 Å². The Kier molecular flexibility index (Phi) is 4.25. The molecule has 0 amide bonds. The summed E-state index contributed by atoms with van der Waals surface area (Å²) in [6.45, 7) is 6.11. The van der Waals surface area contributed by atoms with Gasteiger partial charge in [0.1, 0.15) is 5.78 Å². The largest absolute Gasteiger partial charge is 0.388 e. The van der Waals surface area contributed by atoms with Crippen molar-refractivity contribution in [1.29, 1.82) is 0 Å². The number of rotatable bonds is 2. The summed E-state index contributed by atoms with van der Waals surface area (Å²) in [7, 11) is 0. The van der Waals surface area contributed by atoms with Gasteiger partial charge in [-0.05, 0) is 74.7 Å². The average molecular weight is 379 g/mol. The van der Waals surface area contributed by atoms with E-state index < -0.39 is 11.0 Å². The van der Waals surface area contributed by atoms with Gasteiger partial charge < -0.3 is 5.11 Å². The molecule has 4 aliphatic carbocycles. The first-order valence-electron chi connectivity index (χ1n) is 10.2. The Hall–Kier alpha value is -0.670. The monoisotopic (exact) mass is 378 g/mol. The number of carbonyl (C=O) groups is 2. The quantitative estimate of drug-likeness (QED) is 0.728. The summed E-state index contributed by atoms with van der Waals surface area (Å²) in [5, 5.41) is 11.8. The van der Waals surface area contributed by atoms with E-state index in [-0.39, 0.29) is 28.8 Å². The van der Waals surface area contributed by atoms with Gasteiger partial charge in [0.05, 0.1) is 11.5 Å². The lowest BCUT2D eigenvalue weighted by molar-refractivity contribution is -0.190. The number of halogens is 1. The summed E-state index contributed by atoms with van der Waals surface area (Å²) in [6, 6.07) is 0. The molecule has 3 nitrogen and oxygen atoms in total. The van der Waals surface area contributed by atoms with Crippen LogP contribution in [0.15, 0.2) is 11.6 Å². The van der Waals surface area contributed by atoms with Gasteiger partial charge in [0, 0.05) is 17.8 Å².